The Bertz CT molecular complexity index is 352. The summed E-state index contributed by atoms with van der Waals surface area (Å²) in [6, 6.07) is 0. The van der Waals surface area contributed by atoms with Crippen LogP contribution in [0.1, 0.15) is 12.3 Å². The molecule has 0 radical (unpaired) electrons. The van der Waals surface area contributed by atoms with Gasteiger partial charge in [0.25, 0.3) is 5.22 Å². The van der Waals surface area contributed by atoms with Gasteiger partial charge >= 0.3 is 18.0 Å². The van der Waals surface area contributed by atoms with Crippen LogP contribution in [0.3, 0.4) is 0 Å². The summed E-state index contributed by atoms with van der Waals surface area (Å²) >= 11 is 0.765. The highest BCUT2D eigenvalue weighted by atomic mass is 32.2. The molecule has 9 heteroatoms. The van der Waals surface area contributed by atoms with Crippen LogP contribution >= 0.6 is 11.8 Å². The molecule has 0 amide bonds. The van der Waals surface area contributed by atoms with Gasteiger partial charge in [0.15, 0.2) is 0 Å². The summed E-state index contributed by atoms with van der Waals surface area (Å²) < 4.78 is 40.1. The smallest absolute Gasteiger partial charge is 0.470 e. The van der Waals surface area contributed by atoms with Crippen LogP contribution in [-0.2, 0) is 11.0 Å². The first kappa shape index (κ1) is 11.8. The van der Waals surface area contributed by atoms with E-state index >= 15 is 0 Å². The van der Waals surface area contributed by atoms with Gasteiger partial charge in [-0.2, -0.15) is 13.2 Å². The van der Waals surface area contributed by atoms with Gasteiger partial charge in [0.1, 0.15) is 0 Å². The first-order chi connectivity index (χ1) is 6.89. The Morgan fingerprint density at radius 1 is 1.47 bits per heavy atom. The minimum Gasteiger partial charge on any atom is -0.481 e. The van der Waals surface area contributed by atoms with Crippen molar-refractivity contribution in [1.82, 2.24) is 10.2 Å². The van der Waals surface area contributed by atoms with E-state index in [1.165, 1.54) is 0 Å². The van der Waals surface area contributed by atoms with E-state index in [0.29, 0.717) is 0 Å². The minimum atomic E-state index is -4.67. The number of alkyl halides is 3. The fourth-order valence-corrected chi connectivity index (χ4v) is 1.30. The molecule has 15 heavy (non-hydrogen) atoms. The Kier molecular flexibility index (Phi) is 3.56. The number of thioether (sulfide) groups is 1. The Morgan fingerprint density at radius 3 is 2.60 bits per heavy atom. The Balaban J connectivity index is 2.50. The Hall–Kier alpha value is -1.25. The van der Waals surface area contributed by atoms with E-state index in [4.69, 9.17) is 5.11 Å². The molecule has 5 nitrogen and oxygen atoms in total. The maximum Gasteiger partial charge on any atom is 0.470 e. The highest BCUT2D eigenvalue weighted by Gasteiger charge is 2.38. The predicted molar refractivity (Wildman–Crippen MR) is 42.3 cm³/mol. The summed E-state index contributed by atoms with van der Waals surface area (Å²) in [6.45, 7) is 0. The van der Waals surface area contributed by atoms with Crippen molar-refractivity contribution in [2.45, 2.75) is 17.8 Å². The van der Waals surface area contributed by atoms with Gasteiger partial charge in [0, 0.05) is 5.75 Å². The van der Waals surface area contributed by atoms with Gasteiger partial charge in [-0.05, 0) is 0 Å². The van der Waals surface area contributed by atoms with Crippen LogP contribution in [0.15, 0.2) is 9.64 Å². The fourth-order valence-electron chi connectivity index (χ4n) is 0.608. The number of aromatic nitrogens is 2. The molecule has 1 N–H and O–H groups in total. The van der Waals surface area contributed by atoms with Gasteiger partial charge in [0.2, 0.25) is 0 Å². The molecular weight excluding hydrogens is 237 g/mol. The summed E-state index contributed by atoms with van der Waals surface area (Å²) in [6.07, 6.45) is -4.85. The topological polar surface area (TPSA) is 76.2 Å². The van der Waals surface area contributed by atoms with Crippen molar-refractivity contribution in [2.24, 2.45) is 0 Å². The largest absolute Gasteiger partial charge is 0.481 e. The van der Waals surface area contributed by atoms with E-state index in [1.807, 2.05) is 0 Å². The van der Waals surface area contributed by atoms with Crippen molar-refractivity contribution in [2.75, 3.05) is 5.75 Å². The third-order valence-electron chi connectivity index (χ3n) is 1.19. The summed E-state index contributed by atoms with van der Waals surface area (Å²) in [5, 5.41) is 13.9. The number of hydrogen-bond donors (Lipinski definition) is 1. The second-order valence-corrected chi connectivity index (χ2v) is 3.41. The minimum absolute atomic E-state index is 0.0782. The standard InChI is InChI=1S/C6H5F3N2O3S/c7-6(8,9)4-10-11-5(14-4)15-2-1-3(12)13/h1-2H2,(H,12,13). The molecule has 0 saturated carbocycles. The fraction of sp³-hybridized carbons (Fsp3) is 0.500. The lowest BCUT2D eigenvalue weighted by atomic mass is 10.5. The molecule has 0 unspecified atom stereocenters. The van der Waals surface area contributed by atoms with Crippen LogP contribution in [-0.4, -0.2) is 27.0 Å². The third-order valence-corrected chi connectivity index (χ3v) is 2.01. The summed E-state index contributed by atoms with van der Waals surface area (Å²) in [5.74, 6) is -2.40. The Morgan fingerprint density at radius 2 is 2.13 bits per heavy atom. The molecule has 0 bridgehead atoms. The van der Waals surface area contributed by atoms with Crippen LogP contribution in [0.2, 0.25) is 0 Å². The second kappa shape index (κ2) is 4.51. The van der Waals surface area contributed by atoms with Gasteiger partial charge in [0.05, 0.1) is 6.42 Å². The van der Waals surface area contributed by atoms with E-state index in [-0.39, 0.29) is 17.4 Å². The monoisotopic (exact) mass is 242 g/mol. The lowest BCUT2D eigenvalue weighted by Gasteiger charge is -1.97. The lowest BCUT2D eigenvalue weighted by Crippen LogP contribution is -2.04. The summed E-state index contributed by atoms with van der Waals surface area (Å²) in [4.78, 5) is 10.1. The summed E-state index contributed by atoms with van der Waals surface area (Å²) in [5.41, 5.74) is 0. The number of carbonyl (C=O) groups is 1. The molecule has 0 aliphatic heterocycles. The third kappa shape index (κ3) is 3.78. The van der Waals surface area contributed by atoms with Crippen LogP contribution in [0.25, 0.3) is 0 Å². The van der Waals surface area contributed by atoms with Crippen molar-refractivity contribution in [3.63, 3.8) is 0 Å². The number of nitrogens with zero attached hydrogens (tertiary/aromatic N) is 2. The number of hydrogen-bond acceptors (Lipinski definition) is 5. The SMILES string of the molecule is O=C(O)CCSc1nnc(C(F)(F)F)o1. The number of carboxylic acids is 1. The van der Waals surface area contributed by atoms with Crippen molar-refractivity contribution in [3.8, 4) is 0 Å². The van der Waals surface area contributed by atoms with Crippen LogP contribution < -0.4 is 0 Å². The molecule has 1 aromatic heterocycles. The molecule has 1 rings (SSSR count). The summed E-state index contributed by atoms with van der Waals surface area (Å²) in [7, 11) is 0. The van der Waals surface area contributed by atoms with E-state index < -0.39 is 18.0 Å². The highest BCUT2D eigenvalue weighted by Crippen LogP contribution is 2.29. The van der Waals surface area contributed by atoms with Crippen molar-refractivity contribution < 1.29 is 27.5 Å². The number of aliphatic carboxylic acids is 1. The average Bonchev–Trinajstić information content (AvgIpc) is 2.51. The van der Waals surface area contributed by atoms with Crippen molar-refractivity contribution in [3.05, 3.63) is 5.89 Å². The zero-order valence-corrected chi connectivity index (χ0v) is 7.93. The quantitative estimate of drug-likeness (QED) is 0.809. The molecule has 84 valence electrons. The average molecular weight is 242 g/mol. The first-order valence-electron chi connectivity index (χ1n) is 3.65. The van der Waals surface area contributed by atoms with Gasteiger partial charge < -0.3 is 9.52 Å². The molecule has 0 spiro atoms. The van der Waals surface area contributed by atoms with E-state index in [2.05, 4.69) is 14.6 Å². The molecule has 1 aromatic rings. The molecule has 1 heterocycles. The van der Waals surface area contributed by atoms with Crippen molar-refractivity contribution >= 4 is 17.7 Å². The van der Waals surface area contributed by atoms with Gasteiger partial charge in [-0.25, -0.2) is 0 Å². The number of halogens is 3. The van der Waals surface area contributed by atoms with E-state index in [9.17, 15) is 18.0 Å². The number of rotatable bonds is 4. The van der Waals surface area contributed by atoms with E-state index in [0.717, 1.165) is 11.8 Å². The van der Waals surface area contributed by atoms with Crippen molar-refractivity contribution in [1.29, 1.82) is 0 Å². The van der Waals surface area contributed by atoms with Crippen LogP contribution in [0.5, 0.6) is 0 Å². The number of carboxylic acid groups (broad SMARTS) is 1. The maximum atomic E-state index is 12.0. The molecule has 0 aliphatic carbocycles. The predicted octanol–water partition coefficient (Wildman–Crippen LogP) is 1.66. The normalized spacial score (nSPS) is 11.7. The van der Waals surface area contributed by atoms with Crippen LogP contribution in [0, 0.1) is 0 Å². The Labute approximate surface area is 85.7 Å². The maximum absolute atomic E-state index is 12.0. The van der Waals surface area contributed by atoms with Gasteiger partial charge in [-0.15, -0.1) is 10.2 Å². The van der Waals surface area contributed by atoms with E-state index in [1.54, 1.807) is 0 Å². The second-order valence-electron chi connectivity index (χ2n) is 2.36. The highest BCUT2D eigenvalue weighted by molar-refractivity contribution is 7.99. The molecular formula is C6H5F3N2O3S. The molecule has 0 atom stereocenters. The van der Waals surface area contributed by atoms with Crippen LogP contribution in [0.4, 0.5) is 13.2 Å². The zero-order chi connectivity index (χ0) is 11.5. The molecule has 0 aliphatic rings. The molecule has 0 saturated heterocycles. The molecule has 0 fully saturated rings. The first-order valence-corrected chi connectivity index (χ1v) is 4.63. The zero-order valence-electron chi connectivity index (χ0n) is 7.11. The molecule has 0 aromatic carbocycles. The van der Waals surface area contributed by atoms with Gasteiger partial charge in [-0.3, -0.25) is 4.79 Å². The lowest BCUT2D eigenvalue weighted by molar-refractivity contribution is -0.158. The van der Waals surface area contributed by atoms with Gasteiger partial charge in [-0.1, -0.05) is 11.8 Å².